The van der Waals surface area contributed by atoms with Gasteiger partial charge in [0.05, 0.1) is 3.79 Å². The number of likely N-dealkylation sites (tertiary alicyclic amines) is 1. The highest BCUT2D eigenvalue weighted by molar-refractivity contribution is 9.11. The molecule has 3 nitrogen and oxygen atoms in total. The second-order valence-corrected chi connectivity index (χ2v) is 6.90. The number of carboxylic acid groups (broad SMARTS) is 1. The Hall–Kier alpha value is -0.600. The fourth-order valence-electron chi connectivity index (χ4n) is 2.24. The van der Waals surface area contributed by atoms with Gasteiger partial charge in [0.15, 0.2) is 5.41 Å². The van der Waals surface area contributed by atoms with Crippen LogP contribution in [-0.4, -0.2) is 35.2 Å². The molecule has 1 aromatic rings. The Balaban J connectivity index is 2.11. The molecule has 0 aliphatic carbocycles. The van der Waals surface area contributed by atoms with Gasteiger partial charge in [-0.15, -0.1) is 11.3 Å². The van der Waals surface area contributed by atoms with Gasteiger partial charge in [0.2, 0.25) is 0 Å². The third kappa shape index (κ3) is 2.80. The van der Waals surface area contributed by atoms with Crippen LogP contribution in [0.25, 0.3) is 0 Å². The number of rotatable bonds is 3. The van der Waals surface area contributed by atoms with Gasteiger partial charge in [-0.1, -0.05) is 0 Å². The standard InChI is InChI=1S/C11H11BrF3NO2S/c12-8-3-7(5-19-8)4-16-2-1-10(6-16,9(17)18)11(13,14)15/h3,5H,1-2,4,6H2,(H,17,18). The van der Waals surface area contributed by atoms with E-state index in [0.717, 1.165) is 9.35 Å². The highest BCUT2D eigenvalue weighted by Crippen LogP contribution is 2.46. The molecule has 2 rings (SSSR count). The molecule has 0 spiro atoms. The second kappa shape index (κ2) is 5.06. The Morgan fingerprint density at radius 1 is 1.58 bits per heavy atom. The minimum absolute atomic E-state index is 0.138. The zero-order valence-corrected chi connectivity index (χ0v) is 12.1. The van der Waals surface area contributed by atoms with Crippen LogP contribution in [0.1, 0.15) is 12.0 Å². The molecule has 106 valence electrons. The van der Waals surface area contributed by atoms with E-state index in [9.17, 15) is 18.0 Å². The number of carbonyl (C=O) groups is 1. The number of hydrogen-bond acceptors (Lipinski definition) is 3. The molecule has 1 aliphatic heterocycles. The van der Waals surface area contributed by atoms with Crippen LogP contribution in [0, 0.1) is 5.41 Å². The average Bonchev–Trinajstić information content (AvgIpc) is 2.85. The third-order valence-corrected chi connectivity index (χ3v) is 4.88. The summed E-state index contributed by atoms with van der Waals surface area (Å²) in [4.78, 5) is 12.6. The summed E-state index contributed by atoms with van der Waals surface area (Å²) in [6.45, 7) is -0.00815. The zero-order chi connectivity index (χ0) is 14.3. The van der Waals surface area contributed by atoms with Crippen molar-refractivity contribution in [3.8, 4) is 0 Å². The molecule has 0 bridgehead atoms. The summed E-state index contributed by atoms with van der Waals surface area (Å²) < 4.78 is 39.8. The third-order valence-electron chi connectivity index (χ3n) is 3.33. The van der Waals surface area contributed by atoms with E-state index in [1.165, 1.54) is 16.2 Å². The van der Waals surface area contributed by atoms with Crippen LogP contribution < -0.4 is 0 Å². The Bertz CT molecular complexity index is 491. The van der Waals surface area contributed by atoms with E-state index in [2.05, 4.69) is 15.9 Å². The molecule has 1 aromatic heterocycles. The maximum Gasteiger partial charge on any atom is 0.406 e. The zero-order valence-electron chi connectivity index (χ0n) is 9.71. The van der Waals surface area contributed by atoms with Gasteiger partial charge in [0, 0.05) is 19.6 Å². The smallest absolute Gasteiger partial charge is 0.406 e. The molecule has 0 radical (unpaired) electrons. The fourth-order valence-corrected chi connectivity index (χ4v) is 3.44. The normalized spacial score (nSPS) is 24.8. The number of halogens is 4. The van der Waals surface area contributed by atoms with E-state index >= 15 is 0 Å². The molecule has 0 saturated carbocycles. The summed E-state index contributed by atoms with van der Waals surface area (Å²) in [5.41, 5.74) is -1.74. The summed E-state index contributed by atoms with van der Waals surface area (Å²) in [5.74, 6) is -1.78. The number of carboxylic acids is 1. The van der Waals surface area contributed by atoms with Crippen LogP contribution in [0.15, 0.2) is 15.2 Å². The maximum absolute atomic E-state index is 13.0. The first-order valence-electron chi connectivity index (χ1n) is 5.50. The van der Waals surface area contributed by atoms with E-state index in [1.807, 2.05) is 11.4 Å². The lowest BCUT2D eigenvalue weighted by Gasteiger charge is -2.27. The molecule has 8 heteroatoms. The average molecular weight is 358 g/mol. The number of alkyl halides is 3. The molecule has 0 amide bonds. The Morgan fingerprint density at radius 2 is 2.26 bits per heavy atom. The lowest BCUT2D eigenvalue weighted by Crippen LogP contribution is -2.47. The molecule has 1 aliphatic rings. The van der Waals surface area contributed by atoms with Crippen molar-refractivity contribution in [2.45, 2.75) is 19.1 Å². The molecule has 1 N–H and O–H groups in total. The van der Waals surface area contributed by atoms with Gasteiger partial charge < -0.3 is 5.11 Å². The van der Waals surface area contributed by atoms with Crippen LogP contribution in [0.4, 0.5) is 13.2 Å². The molecule has 1 saturated heterocycles. The van der Waals surface area contributed by atoms with Gasteiger partial charge in [0.25, 0.3) is 0 Å². The lowest BCUT2D eigenvalue weighted by molar-refractivity contribution is -0.227. The van der Waals surface area contributed by atoms with E-state index in [-0.39, 0.29) is 6.54 Å². The van der Waals surface area contributed by atoms with Crippen molar-refractivity contribution in [2.24, 2.45) is 5.41 Å². The first kappa shape index (κ1) is 14.8. The molecule has 2 heterocycles. The van der Waals surface area contributed by atoms with E-state index in [0.29, 0.717) is 6.54 Å². The molecular weight excluding hydrogens is 347 g/mol. The van der Waals surface area contributed by atoms with Gasteiger partial charge in [-0.05, 0) is 39.4 Å². The Morgan fingerprint density at radius 3 is 2.68 bits per heavy atom. The summed E-state index contributed by atoms with van der Waals surface area (Å²) in [6, 6.07) is 1.83. The topological polar surface area (TPSA) is 40.5 Å². The minimum Gasteiger partial charge on any atom is -0.481 e. The van der Waals surface area contributed by atoms with Crippen molar-refractivity contribution < 1.29 is 23.1 Å². The van der Waals surface area contributed by atoms with E-state index < -0.39 is 30.5 Å². The van der Waals surface area contributed by atoms with E-state index in [4.69, 9.17) is 5.11 Å². The molecule has 1 fully saturated rings. The van der Waals surface area contributed by atoms with Crippen LogP contribution in [-0.2, 0) is 11.3 Å². The summed E-state index contributed by atoms with van der Waals surface area (Å²) in [6.07, 6.45) is -5.11. The first-order chi connectivity index (χ1) is 8.74. The van der Waals surface area contributed by atoms with Gasteiger partial charge in [-0.2, -0.15) is 13.2 Å². The maximum atomic E-state index is 13.0. The number of hydrogen-bond donors (Lipinski definition) is 1. The second-order valence-electron chi connectivity index (χ2n) is 4.60. The highest BCUT2D eigenvalue weighted by atomic mass is 79.9. The molecule has 19 heavy (non-hydrogen) atoms. The molecule has 1 unspecified atom stereocenters. The van der Waals surface area contributed by atoms with Crippen LogP contribution in [0.2, 0.25) is 0 Å². The summed E-state index contributed by atoms with van der Waals surface area (Å²) in [7, 11) is 0. The summed E-state index contributed by atoms with van der Waals surface area (Å²) >= 11 is 4.74. The highest BCUT2D eigenvalue weighted by Gasteiger charge is 2.63. The van der Waals surface area contributed by atoms with E-state index in [1.54, 1.807) is 0 Å². The van der Waals surface area contributed by atoms with Crippen molar-refractivity contribution in [3.05, 3.63) is 20.8 Å². The van der Waals surface area contributed by atoms with Crippen molar-refractivity contribution >= 4 is 33.2 Å². The van der Waals surface area contributed by atoms with Gasteiger partial charge in [0.1, 0.15) is 0 Å². The molecule has 0 aromatic carbocycles. The fraction of sp³-hybridized carbons (Fsp3) is 0.545. The van der Waals surface area contributed by atoms with Crippen LogP contribution >= 0.6 is 27.3 Å². The monoisotopic (exact) mass is 357 g/mol. The van der Waals surface area contributed by atoms with Crippen LogP contribution in [0.5, 0.6) is 0 Å². The van der Waals surface area contributed by atoms with Gasteiger partial charge in [-0.3, -0.25) is 9.69 Å². The van der Waals surface area contributed by atoms with Gasteiger partial charge >= 0.3 is 12.1 Å². The number of aliphatic carboxylic acids is 1. The van der Waals surface area contributed by atoms with Crippen molar-refractivity contribution in [1.82, 2.24) is 4.90 Å². The van der Waals surface area contributed by atoms with Crippen LogP contribution in [0.3, 0.4) is 0 Å². The van der Waals surface area contributed by atoms with Crippen molar-refractivity contribution in [3.63, 3.8) is 0 Å². The van der Waals surface area contributed by atoms with Crippen molar-refractivity contribution in [2.75, 3.05) is 13.1 Å². The van der Waals surface area contributed by atoms with Gasteiger partial charge in [-0.25, -0.2) is 0 Å². The predicted octanol–water partition coefficient (Wildman–Crippen LogP) is 3.35. The number of thiophene rings is 1. The lowest BCUT2D eigenvalue weighted by atomic mass is 9.86. The predicted molar refractivity (Wildman–Crippen MR) is 68.0 cm³/mol. The molecule has 1 atom stereocenters. The number of nitrogens with zero attached hydrogens (tertiary/aromatic N) is 1. The largest absolute Gasteiger partial charge is 0.481 e. The first-order valence-corrected chi connectivity index (χ1v) is 7.17. The summed E-state index contributed by atoms with van der Waals surface area (Å²) in [5, 5.41) is 10.8. The Kier molecular flexibility index (Phi) is 3.95. The minimum atomic E-state index is -4.72. The quantitative estimate of drug-likeness (QED) is 0.901. The van der Waals surface area contributed by atoms with Crippen molar-refractivity contribution in [1.29, 1.82) is 0 Å². The SMILES string of the molecule is O=C(O)C1(C(F)(F)F)CCN(Cc2csc(Br)c2)C1. The Labute approximate surface area is 120 Å². The molecular formula is C11H11BrF3NO2S.